The molecule has 2 amide bonds. The van der Waals surface area contributed by atoms with Crippen LogP contribution in [-0.2, 0) is 9.59 Å². The van der Waals surface area contributed by atoms with Gasteiger partial charge in [-0.25, -0.2) is 0 Å². The van der Waals surface area contributed by atoms with Gasteiger partial charge < -0.3 is 14.9 Å². The van der Waals surface area contributed by atoms with Crippen molar-refractivity contribution < 1.29 is 24.4 Å². The molecule has 2 fully saturated rings. The number of piperazine rings is 1. The van der Waals surface area contributed by atoms with E-state index in [2.05, 4.69) is 0 Å². The van der Waals surface area contributed by atoms with Gasteiger partial charge in [-0.1, -0.05) is 23.8 Å². The van der Waals surface area contributed by atoms with Crippen molar-refractivity contribution in [2.75, 3.05) is 26.2 Å². The van der Waals surface area contributed by atoms with E-state index < -0.39 is 22.7 Å². The second-order valence-electron chi connectivity index (χ2n) is 8.64. The van der Waals surface area contributed by atoms with Gasteiger partial charge in [-0.3, -0.25) is 24.5 Å². The van der Waals surface area contributed by atoms with Gasteiger partial charge in [0.1, 0.15) is 4.88 Å². The van der Waals surface area contributed by atoms with Crippen LogP contribution in [-0.4, -0.2) is 63.8 Å². The number of allylic oxidation sites excluding steroid dienone is 2. The fraction of sp³-hybridized carbons (Fsp3) is 0.409. The van der Waals surface area contributed by atoms with E-state index in [-0.39, 0.29) is 34.4 Å². The van der Waals surface area contributed by atoms with Crippen LogP contribution in [0, 0.1) is 33.8 Å². The molecule has 2 aliphatic carbocycles. The number of amides is 2. The van der Waals surface area contributed by atoms with Gasteiger partial charge in [0.25, 0.3) is 11.6 Å². The molecule has 9 nitrogen and oxygen atoms in total. The number of hydrogen-bond donors (Lipinski definition) is 1. The van der Waals surface area contributed by atoms with Crippen molar-refractivity contribution in [1.29, 1.82) is 0 Å². The van der Waals surface area contributed by atoms with Crippen LogP contribution < -0.4 is 0 Å². The number of aliphatic carboxylic acids is 1. The summed E-state index contributed by atoms with van der Waals surface area (Å²) < 4.78 is 0.565. The minimum Gasteiger partial charge on any atom is -0.481 e. The molecule has 11 heteroatoms. The Bertz CT molecular complexity index is 1220. The molecule has 0 spiro atoms. The van der Waals surface area contributed by atoms with Gasteiger partial charge in [-0.05, 0) is 24.3 Å². The predicted octanol–water partition coefficient (Wildman–Crippen LogP) is 3.27. The number of non-ortho nitro benzene ring substituents is 1. The van der Waals surface area contributed by atoms with Crippen LogP contribution in [0.2, 0.25) is 5.02 Å². The first-order valence-electron chi connectivity index (χ1n) is 10.6. The number of rotatable bonds is 4. The predicted molar refractivity (Wildman–Crippen MR) is 121 cm³/mol. The Hall–Kier alpha value is -2.98. The molecule has 1 aromatic carbocycles. The highest BCUT2D eigenvalue weighted by Gasteiger charge is 2.52. The molecule has 1 aliphatic heterocycles. The molecule has 5 rings (SSSR count). The second-order valence-corrected chi connectivity index (χ2v) is 10.1. The summed E-state index contributed by atoms with van der Waals surface area (Å²) in [4.78, 5) is 52.2. The van der Waals surface area contributed by atoms with E-state index in [0.29, 0.717) is 47.6 Å². The average Bonchev–Trinajstić information content (AvgIpc) is 3.51. The topological polar surface area (TPSA) is 121 Å². The zero-order valence-electron chi connectivity index (χ0n) is 17.3. The van der Waals surface area contributed by atoms with Gasteiger partial charge in [0.05, 0.1) is 21.8 Å². The highest BCUT2D eigenvalue weighted by Crippen LogP contribution is 2.49. The molecule has 2 heterocycles. The molecule has 172 valence electrons. The number of carbonyl (C=O) groups excluding carboxylic acids is 2. The van der Waals surface area contributed by atoms with Crippen molar-refractivity contribution in [3.05, 3.63) is 50.4 Å². The zero-order valence-corrected chi connectivity index (χ0v) is 18.9. The Balaban J connectivity index is 1.28. The third kappa shape index (κ3) is 3.57. The average molecular weight is 490 g/mol. The van der Waals surface area contributed by atoms with E-state index >= 15 is 0 Å². The Kier molecular flexibility index (Phi) is 5.37. The monoisotopic (exact) mass is 489 g/mol. The minimum absolute atomic E-state index is 0.0373. The van der Waals surface area contributed by atoms with E-state index in [1.54, 1.807) is 15.9 Å². The molecule has 0 radical (unpaired) electrons. The number of thiophene rings is 1. The van der Waals surface area contributed by atoms with Gasteiger partial charge in [0.2, 0.25) is 5.91 Å². The smallest absolute Gasteiger partial charge is 0.307 e. The molecular weight excluding hydrogens is 470 g/mol. The third-order valence-electron chi connectivity index (χ3n) is 6.93. The lowest BCUT2D eigenvalue weighted by atomic mass is 9.82. The number of nitro benzene ring substituents is 1. The molecule has 1 saturated carbocycles. The quantitative estimate of drug-likeness (QED) is 0.399. The van der Waals surface area contributed by atoms with Crippen LogP contribution in [0.15, 0.2) is 30.4 Å². The SMILES string of the molecule is O=C(O)[C@H]1[C@@H](C(=O)N2CCN(C(=O)c3sc4cc([N+](=O)[O-])ccc4c3Cl)CC2)[C@H]2C=C[C@H]1C2. The Morgan fingerprint density at radius 3 is 2.33 bits per heavy atom. The lowest BCUT2D eigenvalue weighted by molar-refractivity contribution is -0.384. The lowest BCUT2D eigenvalue weighted by Crippen LogP contribution is -2.53. The van der Waals surface area contributed by atoms with Gasteiger partial charge >= 0.3 is 5.97 Å². The van der Waals surface area contributed by atoms with Crippen molar-refractivity contribution in [1.82, 2.24) is 9.80 Å². The van der Waals surface area contributed by atoms with Crippen LogP contribution in [0.4, 0.5) is 5.69 Å². The Morgan fingerprint density at radius 1 is 1.06 bits per heavy atom. The summed E-state index contributed by atoms with van der Waals surface area (Å²) in [6, 6.07) is 4.30. The summed E-state index contributed by atoms with van der Waals surface area (Å²) >= 11 is 7.53. The van der Waals surface area contributed by atoms with Gasteiger partial charge in [0.15, 0.2) is 0 Å². The van der Waals surface area contributed by atoms with E-state index in [0.717, 1.165) is 11.3 Å². The van der Waals surface area contributed by atoms with Crippen LogP contribution >= 0.6 is 22.9 Å². The maximum Gasteiger partial charge on any atom is 0.307 e. The number of carboxylic acids is 1. The summed E-state index contributed by atoms with van der Waals surface area (Å²) in [6.45, 7) is 1.26. The Morgan fingerprint density at radius 2 is 1.70 bits per heavy atom. The van der Waals surface area contributed by atoms with Crippen LogP contribution in [0.25, 0.3) is 10.1 Å². The number of nitrogens with zero attached hydrogens (tertiary/aromatic N) is 3. The van der Waals surface area contributed by atoms with Gasteiger partial charge in [-0.15, -0.1) is 11.3 Å². The van der Waals surface area contributed by atoms with Crippen molar-refractivity contribution in [2.24, 2.45) is 23.7 Å². The lowest BCUT2D eigenvalue weighted by Gasteiger charge is -2.37. The number of halogens is 1. The van der Waals surface area contributed by atoms with Crippen molar-refractivity contribution in [3.8, 4) is 0 Å². The number of fused-ring (bicyclic) bond motifs is 3. The maximum absolute atomic E-state index is 13.2. The number of nitro groups is 1. The summed E-state index contributed by atoms with van der Waals surface area (Å²) in [6.07, 6.45) is 4.57. The minimum atomic E-state index is -0.932. The molecule has 1 saturated heterocycles. The first-order chi connectivity index (χ1) is 15.8. The number of carboxylic acid groups (broad SMARTS) is 1. The number of benzene rings is 1. The van der Waals surface area contributed by atoms with E-state index in [9.17, 15) is 29.6 Å². The first-order valence-corrected chi connectivity index (χ1v) is 11.8. The first kappa shape index (κ1) is 21.8. The standard InChI is InChI=1S/C22H20ClN3O6S/c23-18-14-4-3-13(26(31)32)10-15(14)33-19(18)21(28)25-7-5-24(6-8-25)20(27)16-11-1-2-12(9-11)17(16)22(29)30/h1-4,10-12,16-17H,5-9H2,(H,29,30)/t11-,12-,16-,17+/m0/s1. The van der Waals surface area contributed by atoms with Gasteiger partial charge in [0, 0.05) is 48.4 Å². The van der Waals surface area contributed by atoms with Crippen molar-refractivity contribution in [3.63, 3.8) is 0 Å². The molecule has 3 aliphatic rings. The maximum atomic E-state index is 13.2. The molecular formula is C22H20ClN3O6S. The molecule has 2 bridgehead atoms. The molecule has 1 aromatic heterocycles. The van der Waals surface area contributed by atoms with Crippen molar-refractivity contribution >= 4 is 56.5 Å². The summed E-state index contributed by atoms with van der Waals surface area (Å²) in [5.74, 6) is -2.72. The second kappa shape index (κ2) is 8.11. The molecule has 1 N–H and O–H groups in total. The largest absolute Gasteiger partial charge is 0.481 e. The summed E-state index contributed by atoms with van der Waals surface area (Å²) in [5.41, 5.74) is -0.0679. The fourth-order valence-electron chi connectivity index (χ4n) is 5.28. The van der Waals surface area contributed by atoms with Gasteiger partial charge in [-0.2, -0.15) is 0 Å². The summed E-state index contributed by atoms with van der Waals surface area (Å²) in [7, 11) is 0. The Labute approximate surface area is 197 Å². The number of carbonyl (C=O) groups is 3. The highest BCUT2D eigenvalue weighted by atomic mass is 35.5. The molecule has 0 unspecified atom stereocenters. The third-order valence-corrected chi connectivity index (χ3v) is 8.57. The fourth-order valence-corrected chi connectivity index (χ4v) is 6.80. The van der Waals surface area contributed by atoms with E-state index in [1.807, 2.05) is 12.2 Å². The van der Waals surface area contributed by atoms with Crippen LogP contribution in [0.1, 0.15) is 16.1 Å². The summed E-state index contributed by atoms with van der Waals surface area (Å²) in [5, 5.41) is 21.5. The molecule has 4 atom stereocenters. The van der Waals surface area contributed by atoms with Crippen LogP contribution in [0.3, 0.4) is 0 Å². The highest BCUT2D eigenvalue weighted by molar-refractivity contribution is 7.21. The molecule has 2 aromatic rings. The molecule has 33 heavy (non-hydrogen) atoms. The van der Waals surface area contributed by atoms with Crippen molar-refractivity contribution in [2.45, 2.75) is 6.42 Å². The van der Waals surface area contributed by atoms with E-state index in [1.165, 1.54) is 12.1 Å². The normalized spacial score (nSPS) is 26.2. The number of hydrogen-bond acceptors (Lipinski definition) is 6. The zero-order chi connectivity index (χ0) is 23.4. The van der Waals surface area contributed by atoms with E-state index in [4.69, 9.17) is 11.6 Å². The van der Waals surface area contributed by atoms with Crippen LogP contribution in [0.5, 0.6) is 0 Å².